The van der Waals surface area contributed by atoms with E-state index >= 15 is 0 Å². The SMILES string of the molecule is CN1C(=O)C2(c3ccccc31)c1c(oc3ccccc3c1=O)C(=O)N2CCN1CCOCC1. The fourth-order valence-electron chi connectivity index (χ4n) is 5.41. The van der Waals surface area contributed by atoms with Gasteiger partial charge in [-0.3, -0.25) is 19.3 Å². The van der Waals surface area contributed by atoms with Crippen LogP contribution in [0.25, 0.3) is 11.0 Å². The van der Waals surface area contributed by atoms with E-state index < -0.39 is 11.4 Å². The first-order valence-corrected chi connectivity index (χ1v) is 11.1. The Morgan fingerprint density at radius 2 is 1.67 bits per heavy atom. The van der Waals surface area contributed by atoms with Crippen molar-refractivity contribution in [3.8, 4) is 0 Å². The van der Waals surface area contributed by atoms with Crippen LogP contribution in [-0.4, -0.2) is 68.1 Å². The Kier molecular flexibility index (Phi) is 4.43. The third-order valence-corrected chi connectivity index (χ3v) is 7.02. The highest BCUT2D eigenvalue weighted by Crippen LogP contribution is 2.51. The second kappa shape index (κ2) is 7.26. The molecule has 1 fully saturated rings. The molecule has 1 aromatic heterocycles. The number of amides is 2. The van der Waals surface area contributed by atoms with Gasteiger partial charge in [0.25, 0.3) is 11.8 Å². The summed E-state index contributed by atoms with van der Waals surface area (Å²) in [6.07, 6.45) is 0. The van der Waals surface area contributed by atoms with E-state index in [1.807, 2.05) is 24.3 Å². The lowest BCUT2D eigenvalue weighted by Gasteiger charge is -2.36. The number of ether oxygens (including phenoxy) is 1. The zero-order valence-electron chi connectivity index (χ0n) is 18.2. The van der Waals surface area contributed by atoms with Crippen LogP contribution in [0, 0.1) is 0 Å². The number of para-hydroxylation sites is 2. The van der Waals surface area contributed by atoms with Crippen molar-refractivity contribution >= 4 is 28.5 Å². The first-order valence-electron chi connectivity index (χ1n) is 11.1. The minimum atomic E-state index is -1.53. The number of fused-ring (bicyclic) bond motifs is 5. The van der Waals surface area contributed by atoms with Crippen LogP contribution in [0.5, 0.6) is 0 Å². The lowest BCUT2D eigenvalue weighted by Crippen LogP contribution is -2.55. The molecule has 33 heavy (non-hydrogen) atoms. The number of anilines is 1. The molecule has 3 aliphatic rings. The van der Waals surface area contributed by atoms with E-state index in [0.717, 1.165) is 13.1 Å². The van der Waals surface area contributed by atoms with Gasteiger partial charge in [-0.05, 0) is 18.2 Å². The molecule has 1 atom stereocenters. The van der Waals surface area contributed by atoms with Gasteiger partial charge in [0.15, 0.2) is 11.0 Å². The normalized spacial score (nSPS) is 22.5. The quantitative estimate of drug-likeness (QED) is 0.612. The van der Waals surface area contributed by atoms with E-state index in [9.17, 15) is 14.4 Å². The van der Waals surface area contributed by atoms with Crippen molar-refractivity contribution < 1.29 is 18.7 Å². The number of carbonyl (C=O) groups is 2. The molecule has 1 spiro atoms. The Balaban J connectivity index is 1.59. The lowest BCUT2D eigenvalue weighted by molar-refractivity contribution is -0.125. The number of carbonyl (C=O) groups excluding carboxylic acids is 2. The van der Waals surface area contributed by atoms with Gasteiger partial charge < -0.3 is 19.0 Å². The highest BCUT2D eigenvalue weighted by Gasteiger charge is 2.64. The molecule has 0 radical (unpaired) electrons. The summed E-state index contributed by atoms with van der Waals surface area (Å²) in [7, 11) is 1.68. The van der Waals surface area contributed by atoms with Crippen molar-refractivity contribution in [2.75, 3.05) is 51.3 Å². The lowest BCUT2D eigenvalue weighted by atomic mass is 9.84. The molecule has 168 valence electrons. The molecule has 3 aromatic rings. The van der Waals surface area contributed by atoms with Crippen LogP contribution >= 0.6 is 0 Å². The monoisotopic (exact) mass is 445 g/mol. The van der Waals surface area contributed by atoms with Crippen LogP contribution in [-0.2, 0) is 15.1 Å². The molecule has 0 N–H and O–H groups in total. The van der Waals surface area contributed by atoms with Crippen LogP contribution in [0.2, 0.25) is 0 Å². The summed E-state index contributed by atoms with van der Waals surface area (Å²) in [6.45, 7) is 3.63. The van der Waals surface area contributed by atoms with Crippen molar-refractivity contribution in [3.05, 3.63) is 75.6 Å². The highest BCUT2D eigenvalue weighted by atomic mass is 16.5. The van der Waals surface area contributed by atoms with Gasteiger partial charge in [0.05, 0.1) is 24.2 Å². The zero-order valence-corrected chi connectivity index (χ0v) is 18.2. The van der Waals surface area contributed by atoms with Gasteiger partial charge in [0.2, 0.25) is 5.76 Å². The molecule has 0 aliphatic carbocycles. The van der Waals surface area contributed by atoms with E-state index in [1.54, 1.807) is 36.2 Å². The van der Waals surface area contributed by atoms with Crippen LogP contribution in [0.1, 0.15) is 21.7 Å². The summed E-state index contributed by atoms with van der Waals surface area (Å²) in [5.41, 5.74) is -0.0927. The fraction of sp³-hybridized carbons (Fsp3) is 0.320. The van der Waals surface area contributed by atoms with Crippen LogP contribution in [0.4, 0.5) is 5.69 Å². The molecule has 6 rings (SSSR count). The summed E-state index contributed by atoms with van der Waals surface area (Å²) in [6, 6.07) is 14.2. The third-order valence-electron chi connectivity index (χ3n) is 7.02. The molecule has 1 saturated heterocycles. The summed E-state index contributed by atoms with van der Waals surface area (Å²) >= 11 is 0. The minimum Gasteiger partial charge on any atom is -0.450 e. The fourth-order valence-corrected chi connectivity index (χ4v) is 5.41. The Bertz CT molecular complexity index is 1360. The molecular weight excluding hydrogens is 422 g/mol. The van der Waals surface area contributed by atoms with Gasteiger partial charge in [0.1, 0.15) is 5.58 Å². The maximum atomic E-state index is 14.0. The van der Waals surface area contributed by atoms with Gasteiger partial charge in [-0.2, -0.15) is 0 Å². The molecule has 2 aromatic carbocycles. The van der Waals surface area contributed by atoms with E-state index in [1.165, 1.54) is 4.90 Å². The van der Waals surface area contributed by atoms with E-state index in [2.05, 4.69) is 4.90 Å². The van der Waals surface area contributed by atoms with Crippen molar-refractivity contribution in [1.82, 2.24) is 9.80 Å². The van der Waals surface area contributed by atoms with Crippen molar-refractivity contribution in [2.45, 2.75) is 5.54 Å². The number of hydrogen-bond acceptors (Lipinski definition) is 6. The second-order valence-electron chi connectivity index (χ2n) is 8.63. The van der Waals surface area contributed by atoms with Gasteiger partial charge in [-0.1, -0.05) is 30.3 Å². The van der Waals surface area contributed by atoms with Crippen molar-refractivity contribution in [3.63, 3.8) is 0 Å². The van der Waals surface area contributed by atoms with E-state index in [0.29, 0.717) is 42.0 Å². The number of rotatable bonds is 3. The standard InChI is InChI=1S/C25H23N3O5/c1-26-18-8-4-3-7-17(18)25(24(26)31)20-21(29)16-6-2-5-9-19(16)33-22(20)23(30)28(25)11-10-27-12-14-32-15-13-27/h2-9H,10-15H2,1H3. The van der Waals surface area contributed by atoms with Crippen LogP contribution in [0.15, 0.2) is 57.7 Å². The maximum absolute atomic E-state index is 14.0. The summed E-state index contributed by atoms with van der Waals surface area (Å²) < 4.78 is 11.4. The highest BCUT2D eigenvalue weighted by molar-refractivity contribution is 6.16. The van der Waals surface area contributed by atoms with Crippen LogP contribution < -0.4 is 10.3 Å². The average molecular weight is 445 g/mol. The van der Waals surface area contributed by atoms with Gasteiger partial charge in [-0.15, -0.1) is 0 Å². The average Bonchev–Trinajstić information content (AvgIpc) is 3.23. The van der Waals surface area contributed by atoms with Crippen molar-refractivity contribution in [1.29, 1.82) is 0 Å². The minimum absolute atomic E-state index is 0.0425. The van der Waals surface area contributed by atoms with E-state index in [4.69, 9.17) is 9.15 Å². The Morgan fingerprint density at radius 1 is 0.939 bits per heavy atom. The van der Waals surface area contributed by atoms with Gasteiger partial charge in [-0.25, -0.2) is 0 Å². The smallest absolute Gasteiger partial charge is 0.291 e. The predicted molar refractivity (Wildman–Crippen MR) is 121 cm³/mol. The topological polar surface area (TPSA) is 83.3 Å². The molecule has 3 aliphatic heterocycles. The van der Waals surface area contributed by atoms with Crippen molar-refractivity contribution in [2.24, 2.45) is 0 Å². The number of morpholine rings is 1. The summed E-state index contributed by atoms with van der Waals surface area (Å²) in [5.74, 6) is -0.793. The zero-order chi connectivity index (χ0) is 22.7. The molecular formula is C25H23N3O5. The first kappa shape index (κ1) is 20.1. The Hall–Kier alpha value is -3.49. The second-order valence-corrected chi connectivity index (χ2v) is 8.63. The molecule has 0 saturated carbocycles. The predicted octanol–water partition coefficient (Wildman–Crippen LogP) is 1.80. The summed E-state index contributed by atoms with van der Waals surface area (Å²) in [4.78, 5) is 46.8. The Labute approximate surface area is 189 Å². The molecule has 4 heterocycles. The molecule has 8 heteroatoms. The molecule has 8 nitrogen and oxygen atoms in total. The van der Waals surface area contributed by atoms with Gasteiger partial charge in [0, 0.05) is 44.5 Å². The molecule has 0 bridgehead atoms. The maximum Gasteiger partial charge on any atom is 0.291 e. The number of likely N-dealkylation sites (N-methyl/N-ethyl adjacent to an activating group) is 1. The van der Waals surface area contributed by atoms with Crippen LogP contribution in [0.3, 0.4) is 0 Å². The van der Waals surface area contributed by atoms with Gasteiger partial charge >= 0.3 is 0 Å². The third kappa shape index (κ3) is 2.62. The van der Waals surface area contributed by atoms with E-state index in [-0.39, 0.29) is 29.2 Å². The summed E-state index contributed by atoms with van der Waals surface area (Å²) in [5, 5.41) is 0.360. The largest absolute Gasteiger partial charge is 0.450 e. The first-order chi connectivity index (χ1) is 16.0. The number of hydrogen-bond donors (Lipinski definition) is 0. The number of benzene rings is 2. The molecule has 1 unspecified atom stereocenters. The Morgan fingerprint density at radius 3 is 2.48 bits per heavy atom. The molecule has 2 amide bonds. The number of nitrogens with zero attached hydrogens (tertiary/aromatic N) is 3.